The maximum Gasteiger partial charge on any atom is 0.288 e. The van der Waals surface area contributed by atoms with E-state index in [0.29, 0.717) is 22.6 Å². The third kappa shape index (κ3) is 4.60. The zero-order valence-electron chi connectivity index (χ0n) is 13.6. The molecule has 1 aromatic heterocycles. The molecule has 0 radical (unpaired) electrons. The number of amides is 1. The fourth-order valence-electron chi connectivity index (χ4n) is 2.20. The highest BCUT2D eigenvalue weighted by Crippen LogP contribution is 2.31. The summed E-state index contributed by atoms with van der Waals surface area (Å²) < 4.78 is 6.44. The number of furan rings is 1. The lowest BCUT2D eigenvalue weighted by Crippen LogP contribution is -2.17. The van der Waals surface area contributed by atoms with Crippen LogP contribution in [0.15, 0.2) is 68.6 Å². The summed E-state index contributed by atoms with van der Waals surface area (Å²) >= 11 is 9.10. The fraction of sp³-hybridized carbons (Fsp3) is 0. The van der Waals surface area contributed by atoms with E-state index >= 15 is 0 Å². The average Bonchev–Trinajstić information content (AvgIpc) is 3.11. The number of hydrogen-bond donors (Lipinski definition) is 1. The van der Waals surface area contributed by atoms with E-state index < -0.39 is 4.92 Å². The summed E-state index contributed by atoms with van der Waals surface area (Å²) in [6.45, 7) is 0. The van der Waals surface area contributed by atoms with Crippen molar-refractivity contribution in [3.05, 3.63) is 85.5 Å². The molecule has 7 nitrogen and oxygen atoms in total. The Labute approximate surface area is 166 Å². The molecule has 0 aliphatic carbocycles. The van der Waals surface area contributed by atoms with E-state index in [1.54, 1.807) is 42.5 Å². The first-order valence-electron chi connectivity index (χ1n) is 7.57. The van der Waals surface area contributed by atoms with Gasteiger partial charge in [-0.15, -0.1) is 0 Å². The predicted molar refractivity (Wildman–Crippen MR) is 105 cm³/mol. The number of benzene rings is 2. The smallest absolute Gasteiger partial charge is 0.288 e. The summed E-state index contributed by atoms with van der Waals surface area (Å²) in [5.41, 5.74) is 3.16. The van der Waals surface area contributed by atoms with Gasteiger partial charge in [0.25, 0.3) is 11.6 Å². The van der Waals surface area contributed by atoms with Crippen molar-refractivity contribution < 1.29 is 14.1 Å². The quantitative estimate of drug-likeness (QED) is 0.336. The lowest BCUT2D eigenvalue weighted by Gasteiger charge is -2.00. The Bertz CT molecular complexity index is 1030. The van der Waals surface area contributed by atoms with E-state index in [-0.39, 0.29) is 16.6 Å². The summed E-state index contributed by atoms with van der Waals surface area (Å²) in [7, 11) is 0. The Kier molecular flexibility index (Phi) is 5.68. The maximum absolute atomic E-state index is 12.0. The van der Waals surface area contributed by atoms with Gasteiger partial charge < -0.3 is 4.42 Å². The minimum Gasteiger partial charge on any atom is -0.455 e. The molecule has 2 aromatic carbocycles. The molecular weight excluding hydrogens is 438 g/mol. The van der Waals surface area contributed by atoms with Gasteiger partial charge in [0.2, 0.25) is 0 Å². The van der Waals surface area contributed by atoms with Crippen LogP contribution in [0.3, 0.4) is 0 Å². The molecule has 3 aromatic rings. The second kappa shape index (κ2) is 8.15. The SMILES string of the molecule is O=C(NN=Cc1ccc(-c2ccc(Cl)c([N+](=O)[O-])c2)o1)c1ccc(Br)cc1. The number of rotatable bonds is 5. The lowest BCUT2D eigenvalue weighted by molar-refractivity contribution is -0.384. The highest BCUT2D eigenvalue weighted by atomic mass is 79.9. The first-order chi connectivity index (χ1) is 12.9. The number of hydrogen-bond acceptors (Lipinski definition) is 5. The Morgan fingerprint density at radius 1 is 1.19 bits per heavy atom. The van der Waals surface area contributed by atoms with Gasteiger partial charge in [0, 0.05) is 21.7 Å². The van der Waals surface area contributed by atoms with Crippen LogP contribution < -0.4 is 5.43 Å². The van der Waals surface area contributed by atoms with Crippen LogP contribution >= 0.6 is 27.5 Å². The highest BCUT2D eigenvalue weighted by molar-refractivity contribution is 9.10. The Hall–Kier alpha value is -2.97. The normalized spacial score (nSPS) is 10.9. The molecule has 0 saturated carbocycles. The van der Waals surface area contributed by atoms with Crippen molar-refractivity contribution in [3.63, 3.8) is 0 Å². The molecule has 1 amide bonds. The number of nitro groups is 1. The zero-order valence-corrected chi connectivity index (χ0v) is 15.9. The van der Waals surface area contributed by atoms with Gasteiger partial charge in [-0.25, -0.2) is 5.43 Å². The first-order valence-corrected chi connectivity index (χ1v) is 8.74. The standard InChI is InChI=1S/C18H11BrClN3O4/c19-13-4-1-11(2-5-13)18(24)22-21-10-14-6-8-17(27-14)12-3-7-15(20)16(9-12)23(25)26/h1-10H,(H,22,24). The Morgan fingerprint density at radius 2 is 1.93 bits per heavy atom. The zero-order chi connectivity index (χ0) is 19.4. The number of hydrazone groups is 1. The van der Waals surface area contributed by atoms with Crippen molar-refractivity contribution in [1.29, 1.82) is 0 Å². The monoisotopic (exact) mass is 447 g/mol. The van der Waals surface area contributed by atoms with Crippen molar-refractivity contribution in [2.24, 2.45) is 5.10 Å². The molecule has 0 aliphatic heterocycles. The van der Waals surface area contributed by atoms with Gasteiger partial charge in [-0.1, -0.05) is 27.5 Å². The molecule has 0 saturated heterocycles. The van der Waals surface area contributed by atoms with E-state index in [2.05, 4.69) is 26.5 Å². The summed E-state index contributed by atoms with van der Waals surface area (Å²) in [6, 6.07) is 14.5. The van der Waals surface area contributed by atoms with Crippen LogP contribution in [-0.2, 0) is 0 Å². The molecule has 0 atom stereocenters. The van der Waals surface area contributed by atoms with Crippen LogP contribution in [0.1, 0.15) is 16.1 Å². The predicted octanol–water partition coefficient (Wildman–Crippen LogP) is 5.03. The average molecular weight is 449 g/mol. The van der Waals surface area contributed by atoms with Gasteiger partial charge in [0.15, 0.2) is 0 Å². The van der Waals surface area contributed by atoms with Gasteiger partial charge in [-0.3, -0.25) is 14.9 Å². The molecule has 1 N–H and O–H groups in total. The minimum atomic E-state index is -0.561. The summed E-state index contributed by atoms with van der Waals surface area (Å²) in [4.78, 5) is 22.4. The van der Waals surface area contributed by atoms with E-state index in [1.165, 1.54) is 18.3 Å². The van der Waals surface area contributed by atoms with Crippen molar-refractivity contribution in [3.8, 4) is 11.3 Å². The second-order valence-corrected chi connectivity index (χ2v) is 6.65. The van der Waals surface area contributed by atoms with Crippen LogP contribution in [-0.4, -0.2) is 17.0 Å². The fourth-order valence-corrected chi connectivity index (χ4v) is 2.65. The number of halogens is 2. The summed E-state index contributed by atoms with van der Waals surface area (Å²) in [5, 5.41) is 14.9. The third-order valence-electron chi connectivity index (χ3n) is 3.52. The van der Waals surface area contributed by atoms with Crippen LogP contribution in [0.5, 0.6) is 0 Å². The summed E-state index contributed by atoms with van der Waals surface area (Å²) in [6.07, 6.45) is 1.34. The van der Waals surface area contributed by atoms with E-state index in [0.717, 1.165) is 4.47 Å². The largest absolute Gasteiger partial charge is 0.455 e. The molecule has 3 rings (SSSR count). The Morgan fingerprint density at radius 3 is 2.63 bits per heavy atom. The second-order valence-electron chi connectivity index (χ2n) is 5.33. The highest BCUT2D eigenvalue weighted by Gasteiger charge is 2.15. The van der Waals surface area contributed by atoms with E-state index in [1.807, 2.05) is 0 Å². The number of carbonyl (C=O) groups is 1. The minimum absolute atomic E-state index is 0.0488. The Balaban J connectivity index is 1.70. The molecule has 0 unspecified atom stereocenters. The van der Waals surface area contributed by atoms with Gasteiger partial charge in [0.1, 0.15) is 16.5 Å². The van der Waals surface area contributed by atoms with Gasteiger partial charge in [-0.2, -0.15) is 5.10 Å². The van der Waals surface area contributed by atoms with Crippen molar-refractivity contribution in [2.75, 3.05) is 0 Å². The number of nitrogens with one attached hydrogen (secondary N) is 1. The molecule has 0 fully saturated rings. The van der Waals surface area contributed by atoms with Crippen molar-refractivity contribution >= 4 is 45.3 Å². The summed E-state index contributed by atoms with van der Waals surface area (Å²) in [5.74, 6) is 0.424. The first kappa shape index (κ1) is 18.8. The number of carbonyl (C=O) groups excluding carboxylic acids is 1. The topological polar surface area (TPSA) is 97.7 Å². The van der Waals surface area contributed by atoms with Crippen molar-refractivity contribution in [2.45, 2.75) is 0 Å². The van der Waals surface area contributed by atoms with Crippen LogP contribution in [0, 0.1) is 10.1 Å². The molecular formula is C18H11BrClN3O4. The van der Waals surface area contributed by atoms with Crippen LogP contribution in [0.2, 0.25) is 5.02 Å². The van der Waals surface area contributed by atoms with Gasteiger partial charge in [-0.05, 0) is 48.5 Å². The van der Waals surface area contributed by atoms with Gasteiger partial charge >= 0.3 is 0 Å². The van der Waals surface area contributed by atoms with Gasteiger partial charge in [0.05, 0.1) is 11.1 Å². The molecule has 0 bridgehead atoms. The number of nitro benzene ring substituents is 1. The lowest BCUT2D eigenvalue weighted by atomic mass is 10.1. The van der Waals surface area contributed by atoms with Crippen LogP contribution in [0.4, 0.5) is 5.69 Å². The molecule has 0 spiro atoms. The molecule has 27 heavy (non-hydrogen) atoms. The molecule has 1 heterocycles. The molecule has 0 aliphatic rings. The third-order valence-corrected chi connectivity index (χ3v) is 4.37. The molecule has 136 valence electrons. The van der Waals surface area contributed by atoms with E-state index in [4.69, 9.17) is 16.0 Å². The van der Waals surface area contributed by atoms with Crippen molar-refractivity contribution in [1.82, 2.24) is 5.43 Å². The van der Waals surface area contributed by atoms with Crippen LogP contribution in [0.25, 0.3) is 11.3 Å². The maximum atomic E-state index is 12.0. The van der Waals surface area contributed by atoms with E-state index in [9.17, 15) is 14.9 Å². The molecule has 9 heteroatoms. The number of nitrogens with zero attached hydrogens (tertiary/aromatic N) is 2.